The first-order valence-electron chi connectivity index (χ1n) is 7.64. The van der Waals surface area contributed by atoms with Gasteiger partial charge in [0.1, 0.15) is 11.8 Å². The van der Waals surface area contributed by atoms with Gasteiger partial charge in [-0.25, -0.2) is 4.98 Å². The van der Waals surface area contributed by atoms with Crippen LogP contribution in [0.3, 0.4) is 0 Å². The second kappa shape index (κ2) is 6.34. The van der Waals surface area contributed by atoms with E-state index in [0.29, 0.717) is 5.69 Å². The van der Waals surface area contributed by atoms with Crippen LogP contribution in [0, 0.1) is 17.2 Å². The molecule has 1 saturated carbocycles. The zero-order valence-corrected chi connectivity index (χ0v) is 11.9. The van der Waals surface area contributed by atoms with Gasteiger partial charge in [0.25, 0.3) is 0 Å². The van der Waals surface area contributed by atoms with Gasteiger partial charge in [0, 0.05) is 25.3 Å². The number of rotatable bonds is 5. The molecule has 1 atom stereocenters. The highest BCUT2D eigenvalue weighted by atomic mass is 15.1. The summed E-state index contributed by atoms with van der Waals surface area (Å²) >= 11 is 0. The van der Waals surface area contributed by atoms with E-state index in [1.807, 2.05) is 12.1 Å². The molecule has 1 aliphatic carbocycles. The Hall–Kier alpha value is -1.44. The van der Waals surface area contributed by atoms with Crippen molar-refractivity contribution in [3.8, 4) is 6.07 Å². The summed E-state index contributed by atoms with van der Waals surface area (Å²) in [5, 5.41) is 12.6. The number of hydrogen-bond donors (Lipinski definition) is 1. The fourth-order valence-corrected chi connectivity index (χ4v) is 2.97. The van der Waals surface area contributed by atoms with Crippen LogP contribution >= 0.6 is 0 Å². The van der Waals surface area contributed by atoms with Crippen molar-refractivity contribution in [1.82, 2.24) is 15.2 Å². The number of pyridine rings is 1. The topological polar surface area (TPSA) is 52.0 Å². The summed E-state index contributed by atoms with van der Waals surface area (Å²) in [5.74, 6) is 0.779. The Labute approximate surface area is 120 Å². The minimum atomic E-state index is 0.520. The number of nitriles is 1. The molecule has 4 nitrogen and oxygen atoms in total. The molecule has 2 aliphatic rings. The van der Waals surface area contributed by atoms with Crippen molar-refractivity contribution in [3.05, 3.63) is 29.6 Å². The van der Waals surface area contributed by atoms with Crippen molar-refractivity contribution >= 4 is 0 Å². The summed E-state index contributed by atoms with van der Waals surface area (Å²) in [6.45, 7) is 4.45. The van der Waals surface area contributed by atoms with Crippen molar-refractivity contribution in [2.24, 2.45) is 5.92 Å². The predicted molar refractivity (Wildman–Crippen MR) is 78.0 cm³/mol. The van der Waals surface area contributed by atoms with Gasteiger partial charge in [0.05, 0.1) is 0 Å². The number of nitrogens with zero attached hydrogens (tertiary/aromatic N) is 3. The third kappa shape index (κ3) is 3.78. The van der Waals surface area contributed by atoms with E-state index in [9.17, 15) is 0 Å². The van der Waals surface area contributed by atoms with Gasteiger partial charge in [-0.1, -0.05) is 0 Å². The van der Waals surface area contributed by atoms with Crippen molar-refractivity contribution in [2.45, 2.75) is 38.3 Å². The molecule has 1 aliphatic heterocycles. The quantitative estimate of drug-likeness (QED) is 0.888. The molecule has 20 heavy (non-hydrogen) atoms. The fourth-order valence-electron chi connectivity index (χ4n) is 2.97. The van der Waals surface area contributed by atoms with Crippen LogP contribution < -0.4 is 5.32 Å². The first-order chi connectivity index (χ1) is 9.83. The number of piperidine rings is 1. The number of nitrogens with one attached hydrogen (secondary N) is 1. The SMILES string of the molecule is N#Cc1cc(CN2CCCC(CNC3CC3)C2)ccn1. The van der Waals surface area contributed by atoms with Gasteiger partial charge in [0.15, 0.2) is 0 Å². The Morgan fingerprint density at radius 2 is 2.30 bits per heavy atom. The van der Waals surface area contributed by atoms with Gasteiger partial charge < -0.3 is 5.32 Å². The van der Waals surface area contributed by atoms with Crippen LogP contribution in [0.1, 0.15) is 36.9 Å². The van der Waals surface area contributed by atoms with E-state index in [0.717, 1.165) is 18.5 Å². The molecule has 3 rings (SSSR count). The van der Waals surface area contributed by atoms with Gasteiger partial charge in [-0.15, -0.1) is 0 Å². The zero-order valence-electron chi connectivity index (χ0n) is 11.9. The summed E-state index contributed by atoms with van der Waals surface area (Å²) in [7, 11) is 0. The maximum Gasteiger partial charge on any atom is 0.140 e. The van der Waals surface area contributed by atoms with E-state index >= 15 is 0 Å². The molecular weight excluding hydrogens is 248 g/mol. The van der Waals surface area contributed by atoms with E-state index in [4.69, 9.17) is 5.26 Å². The third-order valence-corrected chi connectivity index (χ3v) is 4.22. The second-order valence-electron chi connectivity index (χ2n) is 6.09. The second-order valence-corrected chi connectivity index (χ2v) is 6.09. The van der Waals surface area contributed by atoms with Crippen LogP contribution in [0.5, 0.6) is 0 Å². The van der Waals surface area contributed by atoms with E-state index in [1.54, 1.807) is 6.20 Å². The van der Waals surface area contributed by atoms with Crippen molar-refractivity contribution in [1.29, 1.82) is 5.26 Å². The predicted octanol–water partition coefficient (Wildman–Crippen LogP) is 1.92. The molecule has 1 unspecified atom stereocenters. The lowest BCUT2D eigenvalue weighted by Gasteiger charge is -2.33. The van der Waals surface area contributed by atoms with Crippen molar-refractivity contribution in [3.63, 3.8) is 0 Å². The molecule has 0 aromatic carbocycles. The monoisotopic (exact) mass is 270 g/mol. The molecular formula is C16H22N4. The maximum absolute atomic E-state index is 8.90. The Balaban J connectivity index is 1.52. The van der Waals surface area contributed by atoms with E-state index < -0.39 is 0 Å². The molecule has 0 radical (unpaired) electrons. The Kier molecular flexibility index (Phi) is 4.29. The first-order valence-corrected chi connectivity index (χ1v) is 7.64. The summed E-state index contributed by atoms with van der Waals surface area (Å²) < 4.78 is 0. The molecule has 1 N–H and O–H groups in total. The van der Waals surface area contributed by atoms with Gasteiger partial charge >= 0.3 is 0 Å². The molecule has 106 valence electrons. The number of likely N-dealkylation sites (tertiary alicyclic amines) is 1. The highest BCUT2D eigenvalue weighted by Crippen LogP contribution is 2.22. The summed E-state index contributed by atoms with van der Waals surface area (Å²) in [4.78, 5) is 6.55. The van der Waals surface area contributed by atoms with Gasteiger partial charge in [-0.3, -0.25) is 4.90 Å². The van der Waals surface area contributed by atoms with Gasteiger partial charge in [-0.05, 0) is 62.4 Å². The molecule has 4 heteroatoms. The Bertz CT molecular complexity index is 489. The van der Waals surface area contributed by atoms with Gasteiger partial charge in [0.2, 0.25) is 0 Å². The Morgan fingerprint density at radius 3 is 3.10 bits per heavy atom. The smallest absolute Gasteiger partial charge is 0.140 e. The van der Waals surface area contributed by atoms with E-state index in [2.05, 4.69) is 21.3 Å². The van der Waals surface area contributed by atoms with Crippen LogP contribution in [0.25, 0.3) is 0 Å². The highest BCUT2D eigenvalue weighted by molar-refractivity contribution is 5.25. The average Bonchev–Trinajstić information content (AvgIpc) is 3.30. The third-order valence-electron chi connectivity index (χ3n) is 4.22. The molecule has 1 aromatic heterocycles. The zero-order chi connectivity index (χ0) is 13.8. The molecule has 1 saturated heterocycles. The van der Waals surface area contributed by atoms with Crippen LogP contribution in [-0.2, 0) is 6.54 Å². The minimum absolute atomic E-state index is 0.520. The minimum Gasteiger partial charge on any atom is -0.314 e. The maximum atomic E-state index is 8.90. The van der Waals surface area contributed by atoms with Crippen LogP contribution in [0.2, 0.25) is 0 Å². The van der Waals surface area contributed by atoms with Crippen molar-refractivity contribution in [2.75, 3.05) is 19.6 Å². The summed E-state index contributed by atoms with van der Waals surface area (Å²) in [5.41, 5.74) is 1.72. The summed E-state index contributed by atoms with van der Waals surface area (Å²) in [6.07, 6.45) is 7.10. The molecule has 2 heterocycles. The first kappa shape index (κ1) is 13.5. The molecule has 0 bridgehead atoms. The largest absolute Gasteiger partial charge is 0.314 e. The van der Waals surface area contributed by atoms with Crippen molar-refractivity contribution < 1.29 is 0 Å². The lowest BCUT2D eigenvalue weighted by Crippen LogP contribution is -2.39. The molecule has 0 amide bonds. The highest BCUT2D eigenvalue weighted by Gasteiger charge is 2.24. The normalized spacial score (nSPS) is 23.4. The van der Waals surface area contributed by atoms with Gasteiger partial charge in [-0.2, -0.15) is 5.26 Å². The molecule has 1 aromatic rings. The lowest BCUT2D eigenvalue weighted by molar-refractivity contribution is 0.165. The molecule has 0 spiro atoms. The van der Waals surface area contributed by atoms with Crippen LogP contribution in [-0.4, -0.2) is 35.6 Å². The standard InChI is InChI=1S/C16H22N4/c17-9-16-8-13(5-6-18-16)11-20-7-1-2-14(12-20)10-19-15-3-4-15/h5-6,8,14-15,19H,1-4,7,10-12H2. The summed E-state index contributed by atoms with van der Waals surface area (Å²) in [6, 6.07) is 6.85. The Morgan fingerprint density at radius 1 is 1.40 bits per heavy atom. The van der Waals surface area contributed by atoms with E-state index in [1.165, 1.54) is 50.9 Å². The molecule has 2 fully saturated rings. The van der Waals surface area contributed by atoms with E-state index in [-0.39, 0.29) is 0 Å². The number of aromatic nitrogens is 1. The van der Waals surface area contributed by atoms with Crippen LogP contribution in [0.15, 0.2) is 18.3 Å². The fraction of sp³-hybridized carbons (Fsp3) is 0.625. The number of hydrogen-bond acceptors (Lipinski definition) is 4. The lowest BCUT2D eigenvalue weighted by atomic mass is 9.97. The average molecular weight is 270 g/mol. The van der Waals surface area contributed by atoms with Crippen LogP contribution in [0.4, 0.5) is 0 Å².